The van der Waals surface area contributed by atoms with Crippen LogP contribution in [0.4, 0.5) is 0 Å². The van der Waals surface area contributed by atoms with Crippen molar-refractivity contribution in [1.29, 1.82) is 0 Å². The molecule has 2 rings (SSSR count). The third-order valence-electron chi connectivity index (χ3n) is 2.99. The van der Waals surface area contributed by atoms with Crippen molar-refractivity contribution < 1.29 is 9.59 Å². The molecule has 0 saturated carbocycles. The topological polar surface area (TPSA) is 68.2 Å². The zero-order valence-electron chi connectivity index (χ0n) is 9.87. The van der Waals surface area contributed by atoms with E-state index in [9.17, 15) is 14.4 Å². The number of Topliss-reactive ketones (excluding diaryl/α,β-unsaturated/α-hetero) is 1. The summed E-state index contributed by atoms with van der Waals surface area (Å²) in [6.45, 7) is 3.85. The van der Waals surface area contributed by atoms with Gasteiger partial charge >= 0.3 is 0 Å². The van der Waals surface area contributed by atoms with Gasteiger partial charge in [-0.05, 0) is 18.6 Å². The number of carbonyl (C=O) groups excluding carboxylic acids is 2. The molecule has 1 aliphatic heterocycles. The van der Waals surface area contributed by atoms with Crippen LogP contribution in [0.5, 0.6) is 0 Å². The van der Waals surface area contributed by atoms with Crippen molar-refractivity contribution in [1.82, 2.24) is 9.88 Å². The standard InChI is InChI=1S/C12H14N2O3/c1-7-5-10-11(16)3-4-14(10)12(17)9(7)6-13-8(2)15/h5H,3-4,6H2,1-2H3,(H,13,15). The molecule has 5 heteroatoms. The lowest BCUT2D eigenvalue weighted by Gasteiger charge is -2.09. The Morgan fingerprint density at radius 2 is 2.18 bits per heavy atom. The Bertz CT molecular complexity index is 558. The highest BCUT2D eigenvalue weighted by molar-refractivity contribution is 5.96. The number of rotatable bonds is 2. The van der Waals surface area contributed by atoms with E-state index in [1.54, 1.807) is 13.0 Å². The molecular formula is C12H14N2O3. The number of pyridine rings is 1. The maximum Gasteiger partial charge on any atom is 0.256 e. The lowest BCUT2D eigenvalue weighted by atomic mass is 10.1. The molecule has 0 saturated heterocycles. The number of aryl methyl sites for hydroxylation is 1. The molecule has 1 aromatic heterocycles. The van der Waals surface area contributed by atoms with E-state index < -0.39 is 0 Å². The molecule has 1 aliphatic rings. The first kappa shape index (κ1) is 11.6. The van der Waals surface area contributed by atoms with E-state index in [0.29, 0.717) is 24.2 Å². The summed E-state index contributed by atoms with van der Waals surface area (Å²) < 4.78 is 1.49. The molecule has 17 heavy (non-hydrogen) atoms. The van der Waals surface area contributed by atoms with Gasteiger partial charge in [0.05, 0.1) is 5.69 Å². The van der Waals surface area contributed by atoms with E-state index in [0.717, 1.165) is 5.56 Å². The highest BCUT2D eigenvalue weighted by atomic mass is 16.2. The van der Waals surface area contributed by atoms with Crippen molar-refractivity contribution in [3.8, 4) is 0 Å². The molecule has 2 heterocycles. The molecule has 5 nitrogen and oxygen atoms in total. The number of nitrogens with one attached hydrogen (secondary N) is 1. The van der Waals surface area contributed by atoms with Gasteiger partial charge < -0.3 is 9.88 Å². The van der Waals surface area contributed by atoms with Crippen molar-refractivity contribution in [3.63, 3.8) is 0 Å². The van der Waals surface area contributed by atoms with Crippen molar-refractivity contribution in [3.05, 3.63) is 33.2 Å². The largest absolute Gasteiger partial charge is 0.352 e. The predicted molar refractivity (Wildman–Crippen MR) is 61.9 cm³/mol. The van der Waals surface area contributed by atoms with Gasteiger partial charge in [-0.3, -0.25) is 14.4 Å². The predicted octanol–water partition coefficient (Wildman–Crippen LogP) is 0.379. The Morgan fingerprint density at radius 1 is 1.47 bits per heavy atom. The van der Waals surface area contributed by atoms with Gasteiger partial charge in [0.2, 0.25) is 5.91 Å². The van der Waals surface area contributed by atoms with Crippen LogP contribution >= 0.6 is 0 Å². The minimum absolute atomic E-state index is 0.0104. The van der Waals surface area contributed by atoms with Gasteiger partial charge in [0, 0.05) is 32.0 Å². The van der Waals surface area contributed by atoms with Gasteiger partial charge in [-0.25, -0.2) is 0 Å². The number of hydrogen-bond donors (Lipinski definition) is 1. The first-order valence-corrected chi connectivity index (χ1v) is 5.51. The van der Waals surface area contributed by atoms with Gasteiger partial charge in [-0.1, -0.05) is 0 Å². The Morgan fingerprint density at radius 3 is 2.82 bits per heavy atom. The lowest BCUT2D eigenvalue weighted by molar-refractivity contribution is -0.119. The van der Waals surface area contributed by atoms with E-state index in [2.05, 4.69) is 5.32 Å². The monoisotopic (exact) mass is 234 g/mol. The van der Waals surface area contributed by atoms with Crippen molar-refractivity contribution in [2.24, 2.45) is 0 Å². The zero-order chi connectivity index (χ0) is 12.6. The van der Waals surface area contributed by atoms with E-state index in [-0.39, 0.29) is 23.8 Å². The summed E-state index contributed by atoms with van der Waals surface area (Å²) in [5.41, 5.74) is 1.63. The van der Waals surface area contributed by atoms with Crippen molar-refractivity contribution >= 4 is 11.7 Å². The minimum Gasteiger partial charge on any atom is -0.352 e. The smallest absolute Gasteiger partial charge is 0.256 e. The maximum absolute atomic E-state index is 12.1. The quantitative estimate of drug-likeness (QED) is 0.804. The van der Waals surface area contributed by atoms with Crippen LogP contribution in [0.2, 0.25) is 0 Å². The van der Waals surface area contributed by atoms with Gasteiger partial charge in [-0.15, -0.1) is 0 Å². The highest BCUT2D eigenvalue weighted by Crippen LogP contribution is 2.15. The lowest BCUT2D eigenvalue weighted by Crippen LogP contribution is -2.30. The van der Waals surface area contributed by atoms with E-state index >= 15 is 0 Å². The van der Waals surface area contributed by atoms with Gasteiger partial charge in [0.25, 0.3) is 5.56 Å². The van der Waals surface area contributed by atoms with Gasteiger partial charge in [-0.2, -0.15) is 0 Å². The summed E-state index contributed by atoms with van der Waals surface area (Å²) >= 11 is 0. The fraction of sp³-hybridized carbons (Fsp3) is 0.417. The second-order valence-electron chi connectivity index (χ2n) is 4.23. The number of carbonyl (C=O) groups is 2. The van der Waals surface area contributed by atoms with Crippen LogP contribution in [0.25, 0.3) is 0 Å². The molecule has 1 N–H and O–H groups in total. The first-order chi connectivity index (χ1) is 8.00. The number of nitrogens with zero attached hydrogens (tertiary/aromatic N) is 1. The SMILES string of the molecule is CC(=O)NCc1c(C)cc2n(c1=O)CCC2=O. The summed E-state index contributed by atoms with van der Waals surface area (Å²) in [6.07, 6.45) is 0.387. The van der Waals surface area contributed by atoms with E-state index in [1.807, 2.05) is 0 Å². The molecular weight excluding hydrogens is 220 g/mol. The average Bonchev–Trinajstić information content (AvgIpc) is 2.60. The van der Waals surface area contributed by atoms with E-state index in [1.165, 1.54) is 11.5 Å². The number of hydrogen-bond acceptors (Lipinski definition) is 3. The third-order valence-corrected chi connectivity index (χ3v) is 2.99. The summed E-state index contributed by atoms with van der Waals surface area (Å²) in [5.74, 6) is -0.165. The molecule has 0 radical (unpaired) electrons. The second-order valence-corrected chi connectivity index (χ2v) is 4.23. The molecule has 0 bridgehead atoms. The van der Waals surface area contributed by atoms with Crippen LogP contribution in [0.3, 0.4) is 0 Å². The molecule has 0 spiro atoms. The molecule has 0 aliphatic carbocycles. The van der Waals surface area contributed by atoms with Crippen LogP contribution in [-0.4, -0.2) is 16.3 Å². The number of aromatic nitrogens is 1. The number of amides is 1. The Balaban J connectivity index is 2.45. The maximum atomic E-state index is 12.1. The molecule has 0 atom stereocenters. The summed E-state index contributed by atoms with van der Waals surface area (Å²) in [5, 5.41) is 2.61. The van der Waals surface area contributed by atoms with Crippen molar-refractivity contribution in [2.45, 2.75) is 33.4 Å². The summed E-state index contributed by atoms with van der Waals surface area (Å²) in [6, 6.07) is 1.73. The Labute approximate surface area is 98.4 Å². The van der Waals surface area contributed by atoms with Crippen LogP contribution in [0, 0.1) is 6.92 Å². The minimum atomic E-state index is -0.176. The van der Waals surface area contributed by atoms with Crippen LogP contribution < -0.4 is 10.9 Å². The Kier molecular flexibility index (Phi) is 2.83. The van der Waals surface area contributed by atoms with Crippen LogP contribution in [-0.2, 0) is 17.9 Å². The summed E-state index contributed by atoms with van der Waals surface area (Å²) in [7, 11) is 0. The van der Waals surface area contributed by atoms with Crippen molar-refractivity contribution in [2.75, 3.05) is 0 Å². The Hall–Kier alpha value is -1.91. The fourth-order valence-electron chi connectivity index (χ4n) is 2.03. The van der Waals surface area contributed by atoms with Gasteiger partial charge in [0.15, 0.2) is 5.78 Å². The molecule has 0 fully saturated rings. The molecule has 1 amide bonds. The molecule has 0 aromatic carbocycles. The molecule has 0 unspecified atom stereocenters. The average molecular weight is 234 g/mol. The zero-order valence-corrected chi connectivity index (χ0v) is 9.87. The second kappa shape index (κ2) is 4.16. The fourth-order valence-corrected chi connectivity index (χ4v) is 2.03. The molecule has 90 valence electrons. The van der Waals surface area contributed by atoms with Crippen LogP contribution in [0.1, 0.15) is 35.0 Å². The normalized spacial score (nSPS) is 13.6. The summed E-state index contributed by atoms with van der Waals surface area (Å²) in [4.78, 5) is 34.5. The van der Waals surface area contributed by atoms with E-state index in [4.69, 9.17) is 0 Å². The number of ketones is 1. The molecule has 1 aromatic rings. The van der Waals surface area contributed by atoms with Gasteiger partial charge in [0.1, 0.15) is 0 Å². The highest BCUT2D eigenvalue weighted by Gasteiger charge is 2.22. The third kappa shape index (κ3) is 2.00. The first-order valence-electron chi connectivity index (χ1n) is 5.51. The van der Waals surface area contributed by atoms with Crippen LogP contribution in [0.15, 0.2) is 10.9 Å². The number of fused-ring (bicyclic) bond motifs is 1.